The predicted molar refractivity (Wildman–Crippen MR) is 101 cm³/mol. The second kappa shape index (κ2) is 13.7. The molecular weight excluding hydrogens is 370 g/mol. The molecule has 12 heteroatoms. The molecule has 0 saturated carbocycles. The van der Waals surface area contributed by atoms with Gasteiger partial charge in [0.25, 0.3) is 0 Å². The van der Waals surface area contributed by atoms with Crippen molar-refractivity contribution >= 4 is 17.8 Å². The summed E-state index contributed by atoms with van der Waals surface area (Å²) in [5, 5.41) is 24.0. The fourth-order valence-electron chi connectivity index (χ4n) is 2.95. The van der Waals surface area contributed by atoms with Crippen molar-refractivity contribution in [3.8, 4) is 0 Å². The topological polar surface area (TPSA) is 162 Å². The van der Waals surface area contributed by atoms with E-state index in [0.29, 0.717) is 45.8 Å². The molecule has 0 aromatic carbocycles. The summed E-state index contributed by atoms with van der Waals surface area (Å²) in [6.07, 6.45) is 1.59. The normalized spacial score (nSPS) is 17.0. The predicted octanol–water partition coefficient (Wildman–Crippen LogP) is -0.718. The first-order chi connectivity index (χ1) is 13.4. The molecule has 0 unspecified atom stereocenters. The fourth-order valence-corrected chi connectivity index (χ4v) is 2.95. The molecule has 0 bridgehead atoms. The number of aliphatic carboxylic acids is 2. The summed E-state index contributed by atoms with van der Waals surface area (Å²) in [6.45, 7) is 4.59. The first-order valence-electron chi connectivity index (χ1n) is 9.29. The summed E-state index contributed by atoms with van der Waals surface area (Å²) >= 11 is 0. The second-order valence-electron chi connectivity index (χ2n) is 6.63. The minimum absolute atomic E-state index is 0.0635. The number of carbonyl (C=O) groups excluding carboxylic acids is 1. The van der Waals surface area contributed by atoms with E-state index in [0.717, 1.165) is 19.4 Å². The molecule has 3 N–H and O–H groups in total. The number of nitrogens with zero attached hydrogens (tertiary/aromatic N) is 6. The number of nitrogens with one attached hydrogen (secondary N) is 1. The smallest absolute Gasteiger partial charge is 0.317 e. The minimum Gasteiger partial charge on any atom is -0.480 e. The number of rotatable bonds is 11. The van der Waals surface area contributed by atoms with E-state index in [9.17, 15) is 14.4 Å². The maximum atomic E-state index is 11.3. The highest BCUT2D eigenvalue weighted by Crippen LogP contribution is 2.03. The summed E-state index contributed by atoms with van der Waals surface area (Å²) in [5.41, 5.74) is 8.17. The Hall–Kier alpha value is -2.40. The fraction of sp³-hybridized carbons (Fsp3) is 0.812. The number of carbonyl (C=O) groups is 3. The molecule has 1 saturated heterocycles. The van der Waals surface area contributed by atoms with Gasteiger partial charge in [-0.3, -0.25) is 24.2 Å². The van der Waals surface area contributed by atoms with Gasteiger partial charge in [0.1, 0.15) is 6.54 Å². The summed E-state index contributed by atoms with van der Waals surface area (Å²) in [5.74, 6) is -2.10. The summed E-state index contributed by atoms with van der Waals surface area (Å²) in [6, 6.07) is 0. The molecule has 0 aromatic rings. The molecule has 12 nitrogen and oxygen atoms in total. The van der Waals surface area contributed by atoms with Crippen LogP contribution < -0.4 is 5.32 Å². The number of amides is 1. The van der Waals surface area contributed by atoms with E-state index in [4.69, 9.17) is 15.7 Å². The van der Waals surface area contributed by atoms with Gasteiger partial charge < -0.3 is 20.4 Å². The molecule has 0 aliphatic carbocycles. The van der Waals surface area contributed by atoms with E-state index in [1.54, 1.807) is 0 Å². The highest BCUT2D eigenvalue weighted by Gasteiger charge is 2.19. The zero-order valence-corrected chi connectivity index (χ0v) is 16.0. The van der Waals surface area contributed by atoms with E-state index >= 15 is 0 Å². The van der Waals surface area contributed by atoms with Gasteiger partial charge in [0.2, 0.25) is 5.91 Å². The van der Waals surface area contributed by atoms with Gasteiger partial charge in [-0.05, 0) is 24.9 Å². The zero-order valence-electron chi connectivity index (χ0n) is 16.0. The van der Waals surface area contributed by atoms with Crippen LogP contribution in [0.5, 0.6) is 0 Å². The lowest BCUT2D eigenvalue weighted by Gasteiger charge is -2.25. The minimum atomic E-state index is -0.896. The lowest BCUT2D eigenvalue weighted by molar-refractivity contribution is -0.140. The van der Waals surface area contributed by atoms with Crippen LogP contribution in [0, 0.1) is 0 Å². The van der Waals surface area contributed by atoms with Gasteiger partial charge in [0.05, 0.1) is 13.1 Å². The Kier molecular flexibility index (Phi) is 11.6. The van der Waals surface area contributed by atoms with Crippen molar-refractivity contribution in [3.63, 3.8) is 0 Å². The van der Waals surface area contributed by atoms with Crippen LogP contribution in [0.1, 0.15) is 12.8 Å². The van der Waals surface area contributed by atoms with Crippen LogP contribution in [0.15, 0.2) is 5.11 Å². The lowest BCUT2D eigenvalue weighted by Crippen LogP contribution is -2.40. The molecule has 1 heterocycles. The van der Waals surface area contributed by atoms with Gasteiger partial charge in [-0.15, -0.1) is 0 Å². The van der Waals surface area contributed by atoms with Crippen LogP contribution in [-0.2, 0) is 14.4 Å². The highest BCUT2D eigenvalue weighted by molar-refractivity contribution is 5.78. The maximum absolute atomic E-state index is 11.3. The standard InChI is InChI=1S/C16H29N7O5/c17-20-19-11-14(24)18-3-1-2-4-21-5-7-22(12-15(25)26)9-10-23(8-6-21)13-16(27)28/h1-13H2,(H,18,24)(H,25,26)(H,27,28). The van der Waals surface area contributed by atoms with Gasteiger partial charge in [0, 0.05) is 50.7 Å². The third kappa shape index (κ3) is 11.3. The Morgan fingerprint density at radius 2 is 1.39 bits per heavy atom. The molecule has 158 valence electrons. The molecule has 0 aromatic heterocycles. The number of carboxylic acid groups (broad SMARTS) is 2. The van der Waals surface area contributed by atoms with Crippen molar-refractivity contribution in [2.24, 2.45) is 5.11 Å². The number of hydrogen-bond donors (Lipinski definition) is 3. The van der Waals surface area contributed by atoms with Gasteiger partial charge in [0.15, 0.2) is 0 Å². The number of hydrogen-bond acceptors (Lipinski definition) is 7. The van der Waals surface area contributed by atoms with Crippen molar-refractivity contribution in [1.82, 2.24) is 20.0 Å². The van der Waals surface area contributed by atoms with Crippen molar-refractivity contribution < 1.29 is 24.6 Å². The van der Waals surface area contributed by atoms with E-state index in [2.05, 4.69) is 20.2 Å². The van der Waals surface area contributed by atoms with Gasteiger partial charge in [-0.1, -0.05) is 5.11 Å². The summed E-state index contributed by atoms with van der Waals surface area (Å²) in [7, 11) is 0. The Bertz CT molecular complexity index is 540. The molecule has 1 amide bonds. The summed E-state index contributed by atoms with van der Waals surface area (Å²) < 4.78 is 0. The molecule has 28 heavy (non-hydrogen) atoms. The maximum Gasteiger partial charge on any atom is 0.317 e. The number of carboxylic acids is 2. The quantitative estimate of drug-likeness (QED) is 0.177. The Labute approximate surface area is 163 Å². The Balaban J connectivity index is 2.45. The van der Waals surface area contributed by atoms with Crippen molar-refractivity contribution in [1.29, 1.82) is 0 Å². The first kappa shape index (κ1) is 23.6. The lowest BCUT2D eigenvalue weighted by atomic mass is 10.2. The van der Waals surface area contributed by atoms with E-state index in [-0.39, 0.29) is 25.5 Å². The summed E-state index contributed by atoms with van der Waals surface area (Å²) in [4.78, 5) is 41.8. The van der Waals surface area contributed by atoms with Crippen LogP contribution in [0.25, 0.3) is 10.4 Å². The zero-order chi connectivity index (χ0) is 20.8. The monoisotopic (exact) mass is 399 g/mol. The molecule has 0 spiro atoms. The van der Waals surface area contributed by atoms with E-state index in [1.165, 1.54) is 0 Å². The van der Waals surface area contributed by atoms with Crippen LogP contribution in [0.2, 0.25) is 0 Å². The molecule has 1 fully saturated rings. The Morgan fingerprint density at radius 1 is 0.893 bits per heavy atom. The van der Waals surface area contributed by atoms with Gasteiger partial charge >= 0.3 is 11.9 Å². The van der Waals surface area contributed by atoms with Crippen LogP contribution in [-0.4, -0.2) is 115 Å². The van der Waals surface area contributed by atoms with Crippen LogP contribution in [0.3, 0.4) is 0 Å². The Morgan fingerprint density at radius 3 is 1.86 bits per heavy atom. The van der Waals surface area contributed by atoms with Crippen molar-refractivity contribution in [2.45, 2.75) is 12.8 Å². The van der Waals surface area contributed by atoms with Crippen LogP contribution >= 0.6 is 0 Å². The van der Waals surface area contributed by atoms with Crippen molar-refractivity contribution in [3.05, 3.63) is 10.4 Å². The first-order valence-corrected chi connectivity index (χ1v) is 9.29. The molecule has 0 atom stereocenters. The third-order valence-corrected chi connectivity index (χ3v) is 4.42. The largest absolute Gasteiger partial charge is 0.480 e. The number of azide groups is 1. The van der Waals surface area contributed by atoms with Crippen molar-refractivity contribution in [2.75, 3.05) is 72.0 Å². The third-order valence-electron chi connectivity index (χ3n) is 4.42. The van der Waals surface area contributed by atoms with Gasteiger partial charge in [-0.25, -0.2) is 0 Å². The molecule has 1 rings (SSSR count). The highest BCUT2D eigenvalue weighted by atomic mass is 16.4. The molecule has 1 aliphatic heterocycles. The second-order valence-corrected chi connectivity index (χ2v) is 6.63. The number of unbranched alkanes of at least 4 members (excludes halogenated alkanes) is 1. The van der Waals surface area contributed by atoms with E-state index in [1.807, 2.05) is 9.80 Å². The average molecular weight is 399 g/mol. The van der Waals surface area contributed by atoms with E-state index < -0.39 is 11.9 Å². The molecular formula is C16H29N7O5. The van der Waals surface area contributed by atoms with Gasteiger partial charge in [-0.2, -0.15) is 0 Å². The average Bonchev–Trinajstić information content (AvgIpc) is 2.71. The molecule has 0 radical (unpaired) electrons. The molecule has 1 aliphatic rings. The SMILES string of the molecule is [N-]=[N+]=NCC(=O)NCCCCN1CCN(CC(=O)O)CCN(CC(=O)O)CC1. The van der Waals surface area contributed by atoms with Crippen LogP contribution in [0.4, 0.5) is 0 Å².